The van der Waals surface area contributed by atoms with Crippen molar-refractivity contribution in [3.8, 4) is 0 Å². The molecular formula is C20H24N6O3. The zero-order valence-corrected chi connectivity index (χ0v) is 16.5. The first kappa shape index (κ1) is 20.1. The van der Waals surface area contributed by atoms with Crippen LogP contribution >= 0.6 is 0 Å². The van der Waals surface area contributed by atoms with Crippen LogP contribution in [0.25, 0.3) is 0 Å². The van der Waals surface area contributed by atoms with Gasteiger partial charge in [-0.3, -0.25) is 23.4 Å². The number of benzene rings is 1. The molecule has 9 nitrogen and oxygen atoms in total. The Hall–Kier alpha value is -3.62. The van der Waals surface area contributed by atoms with Gasteiger partial charge in [-0.2, -0.15) is 5.10 Å². The molecule has 3 rings (SSSR count). The highest BCUT2D eigenvalue weighted by molar-refractivity contribution is 6.05. The number of nitrogens with zero attached hydrogens (tertiary/aromatic N) is 4. The minimum atomic E-state index is -0.607. The summed E-state index contributed by atoms with van der Waals surface area (Å²) in [5, 5.41) is 6.74. The van der Waals surface area contributed by atoms with Gasteiger partial charge in [-0.25, -0.2) is 4.79 Å². The van der Waals surface area contributed by atoms with Gasteiger partial charge in [-0.1, -0.05) is 43.7 Å². The van der Waals surface area contributed by atoms with Crippen LogP contribution in [0.2, 0.25) is 0 Å². The number of amides is 1. The van der Waals surface area contributed by atoms with Crippen molar-refractivity contribution in [3.63, 3.8) is 0 Å². The average molecular weight is 396 g/mol. The molecule has 2 heterocycles. The van der Waals surface area contributed by atoms with E-state index in [0.717, 1.165) is 21.1 Å². The highest BCUT2D eigenvalue weighted by atomic mass is 16.2. The lowest BCUT2D eigenvalue weighted by Crippen LogP contribution is -2.42. The lowest BCUT2D eigenvalue weighted by Gasteiger charge is -2.14. The number of aromatic nitrogens is 4. The number of nitrogens with two attached hydrogens (primary N) is 1. The number of carbonyl (C=O) groups is 1. The van der Waals surface area contributed by atoms with Gasteiger partial charge in [0.25, 0.3) is 11.5 Å². The molecule has 0 aliphatic carbocycles. The van der Waals surface area contributed by atoms with E-state index in [-0.39, 0.29) is 23.6 Å². The highest BCUT2D eigenvalue weighted by Crippen LogP contribution is 2.12. The molecular weight excluding hydrogens is 372 g/mol. The smallest absolute Gasteiger partial charge is 0.332 e. The summed E-state index contributed by atoms with van der Waals surface area (Å²) in [6.07, 6.45) is 4.50. The van der Waals surface area contributed by atoms with E-state index in [1.54, 1.807) is 10.9 Å². The molecule has 3 N–H and O–H groups in total. The SMILES string of the molecule is CCCCn1c(=O)c(NC(=O)c2cnn(Cc3ccccc3)c2)c(N)n(C)c1=O. The zero-order valence-electron chi connectivity index (χ0n) is 16.5. The van der Waals surface area contributed by atoms with E-state index in [1.165, 1.54) is 13.2 Å². The van der Waals surface area contributed by atoms with Gasteiger partial charge in [0, 0.05) is 19.8 Å². The molecule has 3 aromatic rings. The first-order chi connectivity index (χ1) is 13.9. The maximum Gasteiger partial charge on any atom is 0.332 e. The summed E-state index contributed by atoms with van der Waals surface area (Å²) in [7, 11) is 1.47. The molecule has 2 aromatic heterocycles. The summed E-state index contributed by atoms with van der Waals surface area (Å²) in [5.41, 5.74) is 6.04. The standard InChI is InChI=1S/C20H24N6O3/c1-3-4-10-26-19(28)16(17(21)24(2)20(26)29)23-18(27)15-11-22-25(13-15)12-14-8-6-5-7-9-14/h5-9,11,13H,3-4,10,12,21H2,1-2H3,(H,23,27). The second kappa shape index (κ2) is 8.59. The maximum atomic E-state index is 12.7. The fraction of sp³-hybridized carbons (Fsp3) is 0.300. The Labute approximate surface area is 167 Å². The van der Waals surface area contributed by atoms with Gasteiger partial charge < -0.3 is 11.1 Å². The van der Waals surface area contributed by atoms with E-state index in [9.17, 15) is 14.4 Å². The van der Waals surface area contributed by atoms with Crippen molar-refractivity contribution in [2.24, 2.45) is 7.05 Å². The zero-order chi connectivity index (χ0) is 21.0. The van der Waals surface area contributed by atoms with E-state index in [4.69, 9.17) is 5.73 Å². The third-order valence-electron chi connectivity index (χ3n) is 4.65. The van der Waals surface area contributed by atoms with Crippen molar-refractivity contribution in [1.82, 2.24) is 18.9 Å². The van der Waals surface area contributed by atoms with Gasteiger partial charge in [-0.15, -0.1) is 0 Å². The number of anilines is 2. The highest BCUT2D eigenvalue weighted by Gasteiger charge is 2.19. The number of nitrogen functional groups attached to an aromatic ring is 1. The van der Waals surface area contributed by atoms with E-state index < -0.39 is 17.2 Å². The largest absolute Gasteiger partial charge is 0.383 e. The van der Waals surface area contributed by atoms with Gasteiger partial charge in [0.05, 0.1) is 18.3 Å². The maximum absolute atomic E-state index is 12.7. The fourth-order valence-electron chi connectivity index (χ4n) is 2.94. The molecule has 0 aliphatic rings. The van der Waals surface area contributed by atoms with Crippen molar-refractivity contribution < 1.29 is 4.79 Å². The summed E-state index contributed by atoms with van der Waals surface area (Å²) in [5.74, 6) is -0.605. The summed E-state index contributed by atoms with van der Waals surface area (Å²) in [4.78, 5) is 37.7. The Bertz CT molecular complexity index is 1130. The van der Waals surface area contributed by atoms with E-state index in [0.29, 0.717) is 13.0 Å². The number of nitrogens with one attached hydrogen (secondary N) is 1. The lowest BCUT2D eigenvalue weighted by atomic mass is 10.2. The number of rotatable bonds is 7. The number of hydrogen-bond donors (Lipinski definition) is 2. The molecule has 0 saturated carbocycles. The molecule has 0 fully saturated rings. The molecule has 0 radical (unpaired) electrons. The number of unbranched alkanes of at least 4 members (excludes halogenated alkanes) is 1. The summed E-state index contributed by atoms with van der Waals surface area (Å²) >= 11 is 0. The normalized spacial score (nSPS) is 10.8. The quantitative estimate of drug-likeness (QED) is 0.626. The van der Waals surface area contributed by atoms with Crippen molar-refractivity contribution in [3.05, 3.63) is 74.7 Å². The minimum absolute atomic E-state index is 0.0854. The monoisotopic (exact) mass is 396 g/mol. The van der Waals surface area contributed by atoms with Gasteiger partial charge >= 0.3 is 5.69 Å². The molecule has 0 spiro atoms. The second-order valence-corrected chi connectivity index (χ2v) is 6.78. The fourth-order valence-corrected chi connectivity index (χ4v) is 2.94. The molecule has 1 aromatic carbocycles. The van der Waals surface area contributed by atoms with Crippen LogP contribution in [-0.2, 0) is 20.1 Å². The predicted molar refractivity (Wildman–Crippen MR) is 111 cm³/mol. The summed E-state index contributed by atoms with van der Waals surface area (Å²) in [6.45, 7) is 2.74. The van der Waals surface area contributed by atoms with Crippen LogP contribution < -0.4 is 22.3 Å². The van der Waals surface area contributed by atoms with E-state index in [1.807, 2.05) is 37.3 Å². The minimum Gasteiger partial charge on any atom is -0.383 e. The average Bonchev–Trinajstić information content (AvgIpc) is 3.19. The van der Waals surface area contributed by atoms with Crippen molar-refractivity contribution in [2.75, 3.05) is 11.1 Å². The molecule has 0 atom stereocenters. The van der Waals surface area contributed by atoms with Crippen LogP contribution in [0.15, 0.2) is 52.3 Å². The molecule has 9 heteroatoms. The Morgan fingerprint density at radius 2 is 1.93 bits per heavy atom. The molecule has 29 heavy (non-hydrogen) atoms. The molecule has 1 amide bonds. The molecule has 0 aliphatic heterocycles. The van der Waals surface area contributed by atoms with Crippen molar-refractivity contribution in [1.29, 1.82) is 0 Å². The van der Waals surface area contributed by atoms with Crippen LogP contribution in [-0.4, -0.2) is 24.8 Å². The first-order valence-corrected chi connectivity index (χ1v) is 9.39. The third kappa shape index (κ3) is 4.29. The van der Waals surface area contributed by atoms with Crippen LogP contribution in [0.5, 0.6) is 0 Å². The Kier molecular flexibility index (Phi) is 5.96. The summed E-state index contributed by atoms with van der Waals surface area (Å²) < 4.78 is 3.88. The number of carbonyl (C=O) groups excluding carboxylic acids is 1. The molecule has 0 bridgehead atoms. The second-order valence-electron chi connectivity index (χ2n) is 6.78. The van der Waals surface area contributed by atoms with Crippen LogP contribution in [0.1, 0.15) is 35.7 Å². The molecule has 152 valence electrons. The van der Waals surface area contributed by atoms with Crippen molar-refractivity contribution >= 4 is 17.4 Å². The molecule has 0 saturated heterocycles. The van der Waals surface area contributed by atoms with E-state index in [2.05, 4.69) is 10.4 Å². The summed E-state index contributed by atoms with van der Waals surface area (Å²) in [6, 6.07) is 9.71. The van der Waals surface area contributed by atoms with Gasteiger partial charge in [-0.05, 0) is 12.0 Å². The van der Waals surface area contributed by atoms with Crippen molar-refractivity contribution in [2.45, 2.75) is 32.9 Å². The Morgan fingerprint density at radius 3 is 2.62 bits per heavy atom. The Balaban J connectivity index is 1.85. The van der Waals surface area contributed by atoms with Crippen LogP contribution in [0.3, 0.4) is 0 Å². The van der Waals surface area contributed by atoms with Gasteiger partial charge in [0.2, 0.25) is 0 Å². The third-order valence-corrected chi connectivity index (χ3v) is 4.65. The van der Waals surface area contributed by atoms with E-state index >= 15 is 0 Å². The lowest BCUT2D eigenvalue weighted by molar-refractivity contribution is 0.102. The number of hydrogen-bond acceptors (Lipinski definition) is 5. The van der Waals surface area contributed by atoms with Gasteiger partial charge in [0.15, 0.2) is 0 Å². The topological polar surface area (TPSA) is 117 Å². The predicted octanol–water partition coefficient (Wildman–Crippen LogP) is 1.43. The molecule has 0 unspecified atom stereocenters. The van der Waals surface area contributed by atoms with Gasteiger partial charge in [0.1, 0.15) is 11.5 Å². The van der Waals surface area contributed by atoms with Crippen LogP contribution in [0, 0.1) is 0 Å². The first-order valence-electron chi connectivity index (χ1n) is 9.39. The Morgan fingerprint density at radius 1 is 1.21 bits per heavy atom. The van der Waals surface area contributed by atoms with Crippen LogP contribution in [0.4, 0.5) is 11.5 Å².